The second-order valence-corrected chi connectivity index (χ2v) is 4.40. The number of rotatable bonds is 3. The van der Waals surface area contributed by atoms with E-state index in [0.717, 1.165) is 16.3 Å². The van der Waals surface area contributed by atoms with E-state index in [1.54, 1.807) is 13.8 Å². The predicted molar refractivity (Wildman–Crippen MR) is 77.1 cm³/mol. The molecule has 0 saturated carbocycles. The number of oxime groups is 1. The second-order valence-electron chi connectivity index (χ2n) is 4.40. The van der Waals surface area contributed by atoms with Crippen LogP contribution >= 0.6 is 0 Å². The molecule has 3 nitrogen and oxygen atoms in total. The van der Waals surface area contributed by atoms with Crippen molar-refractivity contribution in [1.82, 2.24) is 0 Å². The summed E-state index contributed by atoms with van der Waals surface area (Å²) < 4.78 is 0. The molecule has 2 aromatic carbocycles. The number of hydrogen-bond donors (Lipinski definition) is 0. The highest BCUT2D eigenvalue weighted by Crippen LogP contribution is 2.16. The van der Waals surface area contributed by atoms with Crippen LogP contribution < -0.4 is 0 Å². The zero-order chi connectivity index (χ0) is 13.8. The first kappa shape index (κ1) is 13.0. The van der Waals surface area contributed by atoms with Gasteiger partial charge in [-0.3, -0.25) is 0 Å². The van der Waals surface area contributed by atoms with Gasteiger partial charge in [-0.15, -0.1) is 0 Å². The number of nitrogens with zero attached hydrogens (tertiary/aromatic N) is 1. The molecule has 0 fully saturated rings. The lowest BCUT2D eigenvalue weighted by molar-refractivity contribution is -0.138. The molecule has 0 N–H and O–H groups in total. The van der Waals surface area contributed by atoms with E-state index in [1.165, 1.54) is 0 Å². The molecule has 96 valence electrons. The Morgan fingerprint density at radius 3 is 2.47 bits per heavy atom. The molecule has 2 rings (SSSR count). The summed E-state index contributed by atoms with van der Waals surface area (Å²) in [4.78, 5) is 16.0. The van der Waals surface area contributed by atoms with Crippen molar-refractivity contribution >= 4 is 22.5 Å². The van der Waals surface area contributed by atoms with Crippen molar-refractivity contribution < 1.29 is 9.63 Å². The lowest BCUT2D eigenvalue weighted by Crippen LogP contribution is -2.03. The maximum atomic E-state index is 11.3. The molecule has 0 aliphatic heterocycles. The molecule has 0 aliphatic carbocycles. The van der Waals surface area contributed by atoms with Crippen LogP contribution in [-0.4, -0.2) is 11.7 Å². The van der Waals surface area contributed by atoms with Gasteiger partial charge in [-0.25, -0.2) is 4.79 Å². The van der Waals surface area contributed by atoms with E-state index in [-0.39, 0.29) is 0 Å². The van der Waals surface area contributed by atoms with Gasteiger partial charge >= 0.3 is 5.97 Å². The Bertz CT molecular complexity index is 671. The van der Waals surface area contributed by atoms with Crippen molar-refractivity contribution in [3.05, 3.63) is 60.2 Å². The zero-order valence-corrected chi connectivity index (χ0v) is 11.0. The highest BCUT2D eigenvalue weighted by atomic mass is 16.7. The third kappa shape index (κ3) is 3.07. The Morgan fingerprint density at radius 1 is 1.11 bits per heavy atom. The summed E-state index contributed by atoms with van der Waals surface area (Å²) in [5.74, 6) is -0.514. The zero-order valence-electron chi connectivity index (χ0n) is 11.0. The number of carbonyl (C=O) groups is 1. The van der Waals surface area contributed by atoms with Gasteiger partial charge in [-0.05, 0) is 36.2 Å². The lowest BCUT2D eigenvalue weighted by atomic mass is 10.0. The topological polar surface area (TPSA) is 38.7 Å². The fourth-order valence-electron chi connectivity index (χ4n) is 1.65. The summed E-state index contributed by atoms with van der Waals surface area (Å²) >= 11 is 0. The molecule has 0 heterocycles. The van der Waals surface area contributed by atoms with E-state index >= 15 is 0 Å². The van der Waals surface area contributed by atoms with Gasteiger partial charge in [0.15, 0.2) is 0 Å². The molecule has 0 spiro atoms. The number of fused-ring (bicyclic) bond motifs is 1. The Balaban J connectivity index is 2.26. The van der Waals surface area contributed by atoms with Crippen molar-refractivity contribution in [3.8, 4) is 0 Å². The average molecular weight is 253 g/mol. The number of hydrogen-bond acceptors (Lipinski definition) is 3. The first-order chi connectivity index (χ1) is 9.08. The minimum atomic E-state index is -0.514. The normalized spacial score (nSPS) is 11.4. The van der Waals surface area contributed by atoms with Crippen LogP contribution in [0.3, 0.4) is 0 Å². The van der Waals surface area contributed by atoms with Gasteiger partial charge in [-0.1, -0.05) is 48.1 Å². The largest absolute Gasteiger partial charge is 0.360 e. The van der Waals surface area contributed by atoms with E-state index in [9.17, 15) is 4.79 Å². The van der Waals surface area contributed by atoms with Crippen LogP contribution in [0.5, 0.6) is 0 Å². The predicted octanol–water partition coefficient (Wildman–Crippen LogP) is 3.68. The molecule has 0 saturated heterocycles. The highest BCUT2D eigenvalue weighted by Gasteiger charge is 2.04. The molecular weight excluding hydrogens is 238 g/mol. The standard InChI is InChI=1S/C16H15NO2/c1-11(2)16(18)19-17-12(3)14-9-8-13-6-4-5-7-15(13)10-14/h4-10H,1H2,2-3H3/b17-12-. The van der Waals surface area contributed by atoms with Gasteiger partial charge in [0, 0.05) is 5.57 Å². The molecule has 0 atom stereocenters. The molecule has 0 radical (unpaired) electrons. The average Bonchev–Trinajstić information content (AvgIpc) is 2.43. The maximum Gasteiger partial charge on any atom is 0.360 e. The van der Waals surface area contributed by atoms with Gasteiger partial charge in [0.25, 0.3) is 0 Å². The van der Waals surface area contributed by atoms with Crippen LogP contribution in [0, 0.1) is 0 Å². The third-order valence-electron chi connectivity index (χ3n) is 2.78. The summed E-state index contributed by atoms with van der Waals surface area (Å²) in [6.45, 7) is 6.89. The first-order valence-electron chi connectivity index (χ1n) is 5.98. The van der Waals surface area contributed by atoms with E-state index in [2.05, 4.69) is 11.7 Å². The lowest BCUT2D eigenvalue weighted by Gasteiger charge is -2.03. The Kier molecular flexibility index (Phi) is 3.76. The summed E-state index contributed by atoms with van der Waals surface area (Å²) in [6, 6.07) is 14.1. The Morgan fingerprint density at radius 2 is 1.79 bits per heavy atom. The Hall–Kier alpha value is -2.42. The fraction of sp³-hybridized carbons (Fsp3) is 0.125. The van der Waals surface area contributed by atoms with Crippen LogP contribution in [0.2, 0.25) is 0 Å². The van der Waals surface area contributed by atoms with Crippen LogP contribution in [0.25, 0.3) is 10.8 Å². The highest BCUT2D eigenvalue weighted by molar-refractivity contribution is 6.02. The summed E-state index contributed by atoms with van der Waals surface area (Å²) in [7, 11) is 0. The second kappa shape index (κ2) is 5.48. The van der Waals surface area contributed by atoms with Crippen LogP contribution in [0.15, 0.2) is 59.8 Å². The fourth-order valence-corrected chi connectivity index (χ4v) is 1.65. The minimum absolute atomic E-state index is 0.329. The maximum absolute atomic E-state index is 11.3. The van der Waals surface area contributed by atoms with Gasteiger partial charge in [-0.2, -0.15) is 0 Å². The van der Waals surface area contributed by atoms with Crippen molar-refractivity contribution in [2.75, 3.05) is 0 Å². The molecule has 19 heavy (non-hydrogen) atoms. The first-order valence-corrected chi connectivity index (χ1v) is 5.98. The van der Waals surface area contributed by atoms with Gasteiger partial charge in [0.2, 0.25) is 0 Å². The van der Waals surface area contributed by atoms with Crippen LogP contribution in [0.4, 0.5) is 0 Å². The van der Waals surface area contributed by atoms with E-state index in [1.807, 2.05) is 42.5 Å². The van der Waals surface area contributed by atoms with Crippen LogP contribution in [0.1, 0.15) is 19.4 Å². The molecule has 0 aromatic heterocycles. The number of benzene rings is 2. The van der Waals surface area contributed by atoms with Gasteiger partial charge in [0.1, 0.15) is 0 Å². The van der Waals surface area contributed by atoms with Crippen molar-refractivity contribution in [2.45, 2.75) is 13.8 Å². The van der Waals surface area contributed by atoms with Crippen molar-refractivity contribution in [1.29, 1.82) is 0 Å². The molecule has 3 heteroatoms. The monoisotopic (exact) mass is 253 g/mol. The van der Waals surface area contributed by atoms with E-state index < -0.39 is 5.97 Å². The molecule has 0 amide bonds. The van der Waals surface area contributed by atoms with Crippen LogP contribution in [-0.2, 0) is 9.63 Å². The SMILES string of the molecule is C=C(C)C(=O)O/N=C(/C)c1ccc2ccccc2c1. The summed E-state index contributed by atoms with van der Waals surface area (Å²) in [6.07, 6.45) is 0. The molecule has 0 aliphatic rings. The molecule has 2 aromatic rings. The molecule has 0 bridgehead atoms. The smallest absolute Gasteiger partial charge is 0.313 e. The third-order valence-corrected chi connectivity index (χ3v) is 2.78. The molecular formula is C16H15NO2. The summed E-state index contributed by atoms with van der Waals surface area (Å²) in [5, 5.41) is 6.12. The van der Waals surface area contributed by atoms with Crippen molar-refractivity contribution in [3.63, 3.8) is 0 Å². The minimum Gasteiger partial charge on any atom is -0.313 e. The Labute approximate surface area is 112 Å². The quantitative estimate of drug-likeness (QED) is 0.362. The summed E-state index contributed by atoms with van der Waals surface area (Å²) in [5.41, 5.74) is 1.91. The van der Waals surface area contributed by atoms with E-state index in [4.69, 9.17) is 4.84 Å². The van der Waals surface area contributed by atoms with Gasteiger partial charge in [0.05, 0.1) is 5.71 Å². The van der Waals surface area contributed by atoms with E-state index in [0.29, 0.717) is 11.3 Å². The van der Waals surface area contributed by atoms with Crippen molar-refractivity contribution in [2.24, 2.45) is 5.16 Å². The number of carbonyl (C=O) groups excluding carboxylic acids is 1. The molecule has 0 unspecified atom stereocenters. The van der Waals surface area contributed by atoms with Gasteiger partial charge < -0.3 is 4.84 Å².